The summed E-state index contributed by atoms with van der Waals surface area (Å²) in [6, 6.07) is 25.0. The van der Waals surface area contributed by atoms with E-state index in [4.69, 9.17) is 0 Å². The lowest BCUT2D eigenvalue weighted by Crippen LogP contribution is -2.25. The molecular weight excluding hydrogens is 458 g/mol. The van der Waals surface area contributed by atoms with Gasteiger partial charge in [0.15, 0.2) is 5.16 Å². The first-order valence-corrected chi connectivity index (χ1v) is 12.3. The van der Waals surface area contributed by atoms with E-state index in [1.165, 1.54) is 17.3 Å². The number of carbonyl (C=O) groups is 2. The van der Waals surface area contributed by atoms with E-state index in [0.29, 0.717) is 29.5 Å². The largest absolute Gasteiger partial charge is 0.348 e. The molecule has 7 nitrogen and oxygen atoms in total. The maximum Gasteiger partial charge on any atom is 0.253 e. The number of anilines is 1. The number of nitrogens with zero attached hydrogens (tertiary/aromatic N) is 3. The first kappa shape index (κ1) is 24.2. The number of aromatic nitrogens is 3. The third-order valence-corrected chi connectivity index (χ3v) is 6.40. The Labute approximate surface area is 209 Å². The molecule has 0 spiro atoms. The number of thioether (sulfide) groups is 1. The standard InChI is InChI=1S/C27H27N5O2S/c1-19-12-14-21(15-13-19)16-28-26(34)23-10-6-7-11-24(23)29-25(33)18-35-27-31-30-20(2)32(27)17-22-8-4-3-5-9-22/h3-15H,16-18H2,1-2H3,(H,28,34)(H,29,33). The van der Waals surface area contributed by atoms with Crippen molar-refractivity contribution in [2.45, 2.75) is 32.1 Å². The van der Waals surface area contributed by atoms with Gasteiger partial charge in [-0.3, -0.25) is 9.59 Å². The molecule has 0 bridgehead atoms. The van der Waals surface area contributed by atoms with E-state index in [9.17, 15) is 9.59 Å². The summed E-state index contributed by atoms with van der Waals surface area (Å²) in [7, 11) is 0. The molecule has 0 aliphatic heterocycles. The lowest BCUT2D eigenvalue weighted by atomic mass is 10.1. The third-order valence-electron chi connectivity index (χ3n) is 5.44. The quantitative estimate of drug-likeness (QED) is 0.338. The second-order valence-corrected chi connectivity index (χ2v) is 9.09. The molecule has 0 unspecified atom stereocenters. The molecule has 0 atom stereocenters. The highest BCUT2D eigenvalue weighted by atomic mass is 32.2. The van der Waals surface area contributed by atoms with Crippen LogP contribution in [0.15, 0.2) is 84.0 Å². The van der Waals surface area contributed by atoms with Crippen LogP contribution in [0.1, 0.15) is 32.9 Å². The molecule has 3 aromatic carbocycles. The van der Waals surface area contributed by atoms with Crippen LogP contribution in [0.25, 0.3) is 0 Å². The summed E-state index contributed by atoms with van der Waals surface area (Å²) in [6.07, 6.45) is 0. The molecule has 0 aliphatic carbocycles. The van der Waals surface area contributed by atoms with Crippen LogP contribution < -0.4 is 10.6 Å². The highest BCUT2D eigenvalue weighted by molar-refractivity contribution is 7.99. The predicted octanol–water partition coefficient (Wildman–Crippen LogP) is 4.60. The van der Waals surface area contributed by atoms with E-state index in [1.54, 1.807) is 24.3 Å². The minimum Gasteiger partial charge on any atom is -0.348 e. The Bertz CT molecular complexity index is 1300. The first-order chi connectivity index (χ1) is 17.0. The molecule has 0 radical (unpaired) electrons. The summed E-state index contributed by atoms with van der Waals surface area (Å²) in [5.74, 6) is 0.465. The van der Waals surface area contributed by atoms with Crippen molar-refractivity contribution in [3.8, 4) is 0 Å². The number of hydrogen-bond acceptors (Lipinski definition) is 5. The van der Waals surface area contributed by atoms with Crippen LogP contribution in [0.5, 0.6) is 0 Å². The van der Waals surface area contributed by atoms with Gasteiger partial charge in [0.25, 0.3) is 5.91 Å². The molecule has 4 rings (SSSR count). The van der Waals surface area contributed by atoms with Gasteiger partial charge in [0.05, 0.1) is 23.5 Å². The van der Waals surface area contributed by atoms with E-state index in [2.05, 4.69) is 20.8 Å². The van der Waals surface area contributed by atoms with E-state index in [1.807, 2.05) is 73.0 Å². The van der Waals surface area contributed by atoms with Crippen molar-refractivity contribution in [3.05, 3.63) is 107 Å². The van der Waals surface area contributed by atoms with Gasteiger partial charge in [0, 0.05) is 6.54 Å². The lowest BCUT2D eigenvalue weighted by molar-refractivity contribution is -0.113. The lowest BCUT2D eigenvalue weighted by Gasteiger charge is -2.12. The van der Waals surface area contributed by atoms with E-state index < -0.39 is 0 Å². The van der Waals surface area contributed by atoms with Crippen LogP contribution in [0, 0.1) is 13.8 Å². The Hall–Kier alpha value is -3.91. The summed E-state index contributed by atoms with van der Waals surface area (Å²) in [6.45, 7) is 4.96. The fourth-order valence-electron chi connectivity index (χ4n) is 3.51. The van der Waals surface area contributed by atoms with Crippen molar-refractivity contribution in [1.82, 2.24) is 20.1 Å². The van der Waals surface area contributed by atoms with Crippen LogP contribution >= 0.6 is 11.8 Å². The van der Waals surface area contributed by atoms with Crippen LogP contribution in [0.2, 0.25) is 0 Å². The molecule has 1 aromatic heterocycles. The highest BCUT2D eigenvalue weighted by Gasteiger charge is 2.15. The second-order valence-electron chi connectivity index (χ2n) is 8.15. The zero-order valence-corrected chi connectivity index (χ0v) is 20.5. The van der Waals surface area contributed by atoms with E-state index in [-0.39, 0.29) is 17.6 Å². The average molecular weight is 486 g/mol. The first-order valence-electron chi connectivity index (χ1n) is 11.3. The van der Waals surface area contributed by atoms with Crippen LogP contribution in [0.3, 0.4) is 0 Å². The fourth-order valence-corrected chi connectivity index (χ4v) is 4.29. The second kappa shape index (κ2) is 11.5. The average Bonchev–Trinajstić information content (AvgIpc) is 3.22. The number of carbonyl (C=O) groups excluding carboxylic acids is 2. The zero-order valence-electron chi connectivity index (χ0n) is 19.7. The molecule has 35 heavy (non-hydrogen) atoms. The fraction of sp³-hybridized carbons (Fsp3) is 0.185. The molecular formula is C27H27N5O2S. The van der Waals surface area contributed by atoms with Crippen molar-refractivity contribution in [2.75, 3.05) is 11.1 Å². The van der Waals surface area contributed by atoms with Gasteiger partial charge in [-0.15, -0.1) is 10.2 Å². The number of aryl methyl sites for hydroxylation is 2. The summed E-state index contributed by atoms with van der Waals surface area (Å²) in [5, 5.41) is 14.9. The van der Waals surface area contributed by atoms with Gasteiger partial charge in [-0.2, -0.15) is 0 Å². The summed E-state index contributed by atoms with van der Waals surface area (Å²) in [5.41, 5.74) is 4.20. The summed E-state index contributed by atoms with van der Waals surface area (Å²) in [4.78, 5) is 25.5. The number of nitrogens with one attached hydrogen (secondary N) is 2. The van der Waals surface area contributed by atoms with Crippen molar-refractivity contribution in [2.24, 2.45) is 0 Å². The molecule has 8 heteroatoms. The Morgan fingerprint density at radius 3 is 2.34 bits per heavy atom. The van der Waals surface area contributed by atoms with Crippen molar-refractivity contribution < 1.29 is 9.59 Å². The van der Waals surface area contributed by atoms with Gasteiger partial charge in [0.2, 0.25) is 5.91 Å². The van der Waals surface area contributed by atoms with E-state index in [0.717, 1.165) is 17.0 Å². The van der Waals surface area contributed by atoms with Crippen LogP contribution in [-0.4, -0.2) is 32.3 Å². The van der Waals surface area contributed by atoms with Gasteiger partial charge in [-0.05, 0) is 37.1 Å². The van der Waals surface area contributed by atoms with Crippen molar-refractivity contribution in [1.29, 1.82) is 0 Å². The monoisotopic (exact) mass is 485 g/mol. The number of rotatable bonds is 9. The summed E-state index contributed by atoms with van der Waals surface area (Å²) >= 11 is 1.31. The number of hydrogen-bond donors (Lipinski definition) is 2. The highest BCUT2D eigenvalue weighted by Crippen LogP contribution is 2.20. The maximum atomic E-state index is 12.8. The number of para-hydroxylation sites is 1. The molecule has 1 heterocycles. The minimum atomic E-state index is -0.243. The molecule has 2 amide bonds. The van der Waals surface area contributed by atoms with Gasteiger partial charge in [-0.1, -0.05) is 84.1 Å². The third kappa shape index (κ3) is 6.58. The molecule has 2 N–H and O–H groups in total. The van der Waals surface area contributed by atoms with Crippen LogP contribution in [-0.2, 0) is 17.9 Å². The number of amides is 2. The molecule has 0 saturated carbocycles. The van der Waals surface area contributed by atoms with Crippen LogP contribution in [0.4, 0.5) is 5.69 Å². The van der Waals surface area contributed by atoms with Crippen molar-refractivity contribution in [3.63, 3.8) is 0 Å². The molecule has 0 aliphatic rings. The SMILES string of the molecule is Cc1ccc(CNC(=O)c2ccccc2NC(=O)CSc2nnc(C)n2Cc2ccccc2)cc1. The molecule has 0 saturated heterocycles. The Morgan fingerprint density at radius 1 is 0.857 bits per heavy atom. The Kier molecular flexibility index (Phi) is 7.95. The minimum absolute atomic E-state index is 0.145. The molecule has 0 fully saturated rings. The summed E-state index contributed by atoms with van der Waals surface area (Å²) < 4.78 is 1.99. The smallest absolute Gasteiger partial charge is 0.253 e. The molecule has 4 aromatic rings. The topological polar surface area (TPSA) is 88.9 Å². The number of benzene rings is 3. The van der Waals surface area contributed by atoms with Gasteiger partial charge < -0.3 is 15.2 Å². The van der Waals surface area contributed by atoms with E-state index >= 15 is 0 Å². The maximum absolute atomic E-state index is 12.8. The zero-order chi connectivity index (χ0) is 24.6. The van der Waals surface area contributed by atoms with Gasteiger partial charge in [-0.25, -0.2) is 0 Å². The Balaban J connectivity index is 1.36. The molecule has 178 valence electrons. The normalized spacial score (nSPS) is 10.7. The Morgan fingerprint density at radius 2 is 1.57 bits per heavy atom. The van der Waals surface area contributed by atoms with Crippen molar-refractivity contribution >= 4 is 29.3 Å². The predicted molar refractivity (Wildman–Crippen MR) is 138 cm³/mol. The van der Waals surface area contributed by atoms with Gasteiger partial charge in [0.1, 0.15) is 5.82 Å². The van der Waals surface area contributed by atoms with Gasteiger partial charge >= 0.3 is 0 Å².